The Bertz CT molecular complexity index is 741. The van der Waals surface area contributed by atoms with Crippen molar-refractivity contribution in [2.24, 2.45) is 0 Å². The smallest absolute Gasteiger partial charge is 0.283 e. The molecule has 0 aliphatic rings. The van der Waals surface area contributed by atoms with Crippen molar-refractivity contribution in [3.8, 4) is 0 Å². The zero-order valence-electron chi connectivity index (χ0n) is 12.8. The number of carbonyl (C=O) groups excluding carboxylic acids is 1. The van der Waals surface area contributed by atoms with Gasteiger partial charge in [0.25, 0.3) is 12.9 Å². The number of nitrogens with zero attached hydrogens (tertiary/aromatic N) is 2. The Kier molecular flexibility index (Phi) is 5.48. The Labute approximate surface area is 140 Å². The molecule has 9 heteroatoms. The fourth-order valence-electron chi connectivity index (χ4n) is 2.27. The van der Waals surface area contributed by atoms with Crippen LogP contribution in [0.3, 0.4) is 0 Å². The highest BCUT2D eigenvalue weighted by Crippen LogP contribution is 2.34. The number of anilines is 1. The van der Waals surface area contributed by atoms with Gasteiger partial charge in [0, 0.05) is 5.69 Å². The fraction of sp³-hybridized carbons (Fsp3) is 0.333. The molecule has 1 heterocycles. The summed E-state index contributed by atoms with van der Waals surface area (Å²) in [6, 6.07) is 5.34. The van der Waals surface area contributed by atoms with E-state index in [1.54, 1.807) is 32.0 Å². The van der Waals surface area contributed by atoms with Crippen LogP contribution in [0.5, 0.6) is 0 Å². The summed E-state index contributed by atoms with van der Waals surface area (Å²) in [6.07, 6.45) is -6.25. The molecule has 1 aromatic heterocycles. The summed E-state index contributed by atoms with van der Waals surface area (Å²) in [5, 5.41) is 5.11. The van der Waals surface area contributed by atoms with Crippen molar-refractivity contribution in [2.45, 2.75) is 33.2 Å². The molecule has 2 aromatic rings. The molecule has 0 atom stereocenters. The normalized spacial score (nSPS) is 11.4. The third kappa shape index (κ3) is 3.69. The van der Waals surface area contributed by atoms with Gasteiger partial charge in [-0.05, 0) is 25.0 Å². The molecule has 1 aromatic carbocycles. The first kappa shape index (κ1) is 18.3. The summed E-state index contributed by atoms with van der Waals surface area (Å²) in [5.74, 6) is -0.672. The summed E-state index contributed by atoms with van der Waals surface area (Å²) in [6.45, 7) is 2.89. The van der Waals surface area contributed by atoms with Gasteiger partial charge in [0.05, 0.1) is 5.02 Å². The zero-order valence-corrected chi connectivity index (χ0v) is 13.5. The summed E-state index contributed by atoms with van der Waals surface area (Å²) in [5.41, 5.74) is 0.234. The molecular formula is C15H14ClF4N3O. The third-order valence-electron chi connectivity index (χ3n) is 3.41. The van der Waals surface area contributed by atoms with Gasteiger partial charge >= 0.3 is 0 Å². The lowest BCUT2D eigenvalue weighted by Gasteiger charge is -2.12. The summed E-state index contributed by atoms with van der Waals surface area (Å²) < 4.78 is 52.1. The van der Waals surface area contributed by atoms with Crippen LogP contribution >= 0.6 is 11.6 Å². The van der Waals surface area contributed by atoms with Gasteiger partial charge < -0.3 is 5.32 Å². The second kappa shape index (κ2) is 7.21. The van der Waals surface area contributed by atoms with E-state index >= 15 is 0 Å². The summed E-state index contributed by atoms with van der Waals surface area (Å²) in [4.78, 5) is 12.1. The van der Waals surface area contributed by atoms with E-state index in [-0.39, 0.29) is 0 Å². The number of hydrogen-bond donors (Lipinski definition) is 1. The minimum absolute atomic E-state index is 0.511. The van der Waals surface area contributed by atoms with Gasteiger partial charge in [-0.1, -0.05) is 29.8 Å². The van der Waals surface area contributed by atoms with Crippen LogP contribution in [0.1, 0.15) is 35.4 Å². The second-order valence-electron chi connectivity index (χ2n) is 5.16. The van der Waals surface area contributed by atoms with E-state index in [0.717, 1.165) is 11.1 Å². The van der Waals surface area contributed by atoms with Gasteiger partial charge in [-0.25, -0.2) is 17.6 Å². The molecule has 4 nitrogen and oxygen atoms in total. The minimum Gasteiger partial charge on any atom is -0.324 e. The number of amides is 1. The molecule has 1 N–H and O–H groups in total. The van der Waals surface area contributed by atoms with Crippen LogP contribution in [-0.2, 0) is 11.3 Å². The van der Waals surface area contributed by atoms with Crippen LogP contribution in [0.25, 0.3) is 0 Å². The van der Waals surface area contributed by atoms with Crippen molar-refractivity contribution in [3.05, 3.63) is 45.7 Å². The Morgan fingerprint density at radius 2 is 1.79 bits per heavy atom. The number of halogens is 5. The molecule has 0 aliphatic heterocycles. The van der Waals surface area contributed by atoms with Gasteiger partial charge in [0.2, 0.25) is 5.91 Å². The van der Waals surface area contributed by atoms with Crippen molar-refractivity contribution in [3.63, 3.8) is 0 Å². The number of aromatic nitrogens is 2. The summed E-state index contributed by atoms with van der Waals surface area (Å²) in [7, 11) is 0. The maximum atomic E-state index is 13.0. The monoisotopic (exact) mass is 363 g/mol. The number of nitrogens with one attached hydrogen (secondary N) is 1. The number of alkyl halides is 4. The predicted octanol–water partition coefficient (Wildman–Crippen LogP) is 4.67. The molecule has 0 radical (unpaired) electrons. The van der Waals surface area contributed by atoms with Gasteiger partial charge in [0.1, 0.15) is 17.9 Å². The number of para-hydroxylation sites is 1. The number of rotatable bonds is 5. The third-order valence-corrected chi connectivity index (χ3v) is 3.80. The first-order valence-corrected chi connectivity index (χ1v) is 7.28. The van der Waals surface area contributed by atoms with E-state index in [9.17, 15) is 22.4 Å². The number of carbonyl (C=O) groups is 1. The first-order chi connectivity index (χ1) is 11.2. The molecule has 0 unspecified atom stereocenters. The Morgan fingerprint density at radius 3 is 2.29 bits per heavy atom. The number of aryl methyl sites for hydroxylation is 2. The Hall–Kier alpha value is -2.09. The van der Waals surface area contributed by atoms with Crippen LogP contribution in [-0.4, -0.2) is 15.7 Å². The van der Waals surface area contributed by atoms with Gasteiger partial charge in [-0.2, -0.15) is 5.10 Å². The first-order valence-electron chi connectivity index (χ1n) is 6.90. The lowest BCUT2D eigenvalue weighted by Crippen LogP contribution is -2.22. The van der Waals surface area contributed by atoms with Crippen molar-refractivity contribution >= 4 is 23.2 Å². The van der Waals surface area contributed by atoms with Crippen molar-refractivity contribution < 1.29 is 22.4 Å². The average Bonchev–Trinajstić information content (AvgIpc) is 2.79. The van der Waals surface area contributed by atoms with Crippen LogP contribution in [0, 0.1) is 13.8 Å². The molecule has 0 saturated heterocycles. The standard InChI is InChI=1S/C15H14ClF4N3O/c1-7-4-3-5-8(2)11(7)21-9(24)6-23-13(15(19)20)10(16)12(22-23)14(17)18/h3-5,14-15H,6H2,1-2H3,(H,21,24). The van der Waals surface area contributed by atoms with Gasteiger partial charge in [-0.15, -0.1) is 0 Å². The van der Waals surface area contributed by atoms with E-state index in [4.69, 9.17) is 11.6 Å². The van der Waals surface area contributed by atoms with Crippen molar-refractivity contribution in [1.29, 1.82) is 0 Å². The van der Waals surface area contributed by atoms with Crippen molar-refractivity contribution in [2.75, 3.05) is 5.32 Å². The molecule has 0 spiro atoms. The molecule has 1 amide bonds. The van der Waals surface area contributed by atoms with Crippen LogP contribution in [0.4, 0.5) is 23.2 Å². The fourth-order valence-corrected chi connectivity index (χ4v) is 2.57. The number of hydrogen-bond acceptors (Lipinski definition) is 2. The largest absolute Gasteiger partial charge is 0.324 e. The van der Waals surface area contributed by atoms with E-state index < -0.39 is 41.7 Å². The average molecular weight is 364 g/mol. The SMILES string of the molecule is Cc1cccc(C)c1NC(=O)Cn1nc(C(F)F)c(Cl)c1C(F)F. The highest BCUT2D eigenvalue weighted by Gasteiger charge is 2.28. The second-order valence-corrected chi connectivity index (χ2v) is 5.54. The maximum absolute atomic E-state index is 13.0. The van der Waals surface area contributed by atoms with Crippen LogP contribution in [0.2, 0.25) is 5.02 Å². The highest BCUT2D eigenvalue weighted by molar-refractivity contribution is 6.32. The van der Waals surface area contributed by atoms with Crippen molar-refractivity contribution in [1.82, 2.24) is 9.78 Å². The topological polar surface area (TPSA) is 46.9 Å². The highest BCUT2D eigenvalue weighted by atomic mass is 35.5. The Morgan fingerprint density at radius 1 is 1.21 bits per heavy atom. The molecule has 0 fully saturated rings. The molecule has 2 rings (SSSR count). The lowest BCUT2D eigenvalue weighted by atomic mass is 10.1. The molecule has 24 heavy (non-hydrogen) atoms. The summed E-state index contributed by atoms with van der Waals surface area (Å²) >= 11 is 5.54. The van der Waals surface area contributed by atoms with E-state index in [2.05, 4.69) is 10.4 Å². The Balaban J connectivity index is 2.27. The molecule has 130 valence electrons. The predicted molar refractivity (Wildman–Crippen MR) is 81.7 cm³/mol. The van der Waals surface area contributed by atoms with E-state index in [1.807, 2.05) is 0 Å². The quantitative estimate of drug-likeness (QED) is 0.785. The van der Waals surface area contributed by atoms with Crippen LogP contribution in [0.15, 0.2) is 18.2 Å². The molecule has 0 saturated carbocycles. The van der Waals surface area contributed by atoms with Crippen LogP contribution < -0.4 is 5.32 Å². The zero-order chi connectivity index (χ0) is 18.0. The van der Waals surface area contributed by atoms with Gasteiger partial charge in [0.15, 0.2) is 0 Å². The van der Waals surface area contributed by atoms with Gasteiger partial charge in [-0.3, -0.25) is 9.48 Å². The number of benzene rings is 1. The van der Waals surface area contributed by atoms with E-state index in [0.29, 0.717) is 10.4 Å². The lowest BCUT2D eigenvalue weighted by molar-refractivity contribution is -0.117. The molecule has 0 aliphatic carbocycles. The minimum atomic E-state index is -3.13. The van der Waals surface area contributed by atoms with E-state index in [1.165, 1.54) is 0 Å². The molecule has 0 bridgehead atoms. The molecular weight excluding hydrogens is 350 g/mol. The maximum Gasteiger partial charge on any atom is 0.283 e.